The molecule has 4 nitrogen and oxygen atoms in total. The highest BCUT2D eigenvalue weighted by molar-refractivity contribution is 5.79. The summed E-state index contributed by atoms with van der Waals surface area (Å²) in [6, 6.07) is 8.69. The van der Waals surface area contributed by atoms with Crippen LogP contribution in [0.2, 0.25) is 0 Å². The number of anilines is 1. The molecule has 2 heterocycles. The first-order chi connectivity index (χ1) is 11.2. The van der Waals surface area contributed by atoms with Crippen molar-refractivity contribution in [3.63, 3.8) is 0 Å². The van der Waals surface area contributed by atoms with E-state index in [1.54, 1.807) is 0 Å². The number of carbonyl (C=O) groups is 1. The van der Waals surface area contributed by atoms with Gasteiger partial charge in [-0.3, -0.25) is 4.79 Å². The quantitative estimate of drug-likeness (QED) is 0.928. The fourth-order valence-electron chi connectivity index (χ4n) is 3.69. The molecule has 2 aliphatic rings. The third-order valence-corrected chi connectivity index (χ3v) is 5.12. The maximum atomic E-state index is 12.3. The van der Waals surface area contributed by atoms with Crippen molar-refractivity contribution in [3.8, 4) is 0 Å². The number of nitrogens with zero attached hydrogens (tertiary/aromatic N) is 2. The Bertz CT molecular complexity index is 508. The SMILES string of the molecule is CN1CCC[C@@H](C(=O)NCc2ccc(N3CCCCC3)cc2)C1. The molecule has 0 spiro atoms. The molecular weight excluding hydrogens is 286 g/mol. The Morgan fingerprint density at radius 1 is 1.09 bits per heavy atom. The van der Waals surface area contributed by atoms with E-state index in [0.717, 1.165) is 25.9 Å². The van der Waals surface area contributed by atoms with Gasteiger partial charge < -0.3 is 15.1 Å². The van der Waals surface area contributed by atoms with E-state index < -0.39 is 0 Å². The third-order valence-electron chi connectivity index (χ3n) is 5.12. The first-order valence-electron chi connectivity index (χ1n) is 9.02. The Balaban J connectivity index is 1.49. The van der Waals surface area contributed by atoms with Gasteiger partial charge in [-0.05, 0) is 63.4 Å². The molecule has 1 amide bonds. The highest BCUT2D eigenvalue weighted by atomic mass is 16.1. The van der Waals surface area contributed by atoms with Crippen LogP contribution in [0.4, 0.5) is 5.69 Å². The summed E-state index contributed by atoms with van der Waals surface area (Å²) in [7, 11) is 2.10. The number of piperidine rings is 2. The van der Waals surface area contributed by atoms with E-state index in [-0.39, 0.29) is 11.8 Å². The van der Waals surface area contributed by atoms with Gasteiger partial charge in [-0.15, -0.1) is 0 Å². The molecular formula is C19H29N3O. The lowest BCUT2D eigenvalue weighted by Crippen LogP contribution is -2.41. The lowest BCUT2D eigenvalue weighted by Gasteiger charge is -2.29. The van der Waals surface area contributed by atoms with Crippen molar-refractivity contribution >= 4 is 11.6 Å². The minimum absolute atomic E-state index is 0.154. The highest BCUT2D eigenvalue weighted by Gasteiger charge is 2.23. The van der Waals surface area contributed by atoms with Crippen molar-refractivity contribution in [1.29, 1.82) is 0 Å². The van der Waals surface area contributed by atoms with Crippen molar-refractivity contribution in [3.05, 3.63) is 29.8 Å². The van der Waals surface area contributed by atoms with E-state index in [9.17, 15) is 4.79 Å². The van der Waals surface area contributed by atoms with Crippen molar-refractivity contribution < 1.29 is 4.79 Å². The van der Waals surface area contributed by atoms with Gasteiger partial charge in [0, 0.05) is 31.9 Å². The van der Waals surface area contributed by atoms with Crippen LogP contribution < -0.4 is 10.2 Å². The highest BCUT2D eigenvalue weighted by Crippen LogP contribution is 2.20. The molecule has 1 aromatic rings. The summed E-state index contributed by atoms with van der Waals surface area (Å²) in [6.45, 7) is 4.98. The topological polar surface area (TPSA) is 35.6 Å². The number of nitrogens with one attached hydrogen (secondary N) is 1. The molecule has 1 atom stereocenters. The third kappa shape index (κ3) is 4.47. The van der Waals surface area contributed by atoms with Gasteiger partial charge in [-0.1, -0.05) is 12.1 Å². The normalized spacial score (nSPS) is 22.8. The molecule has 0 bridgehead atoms. The summed E-state index contributed by atoms with van der Waals surface area (Å²) < 4.78 is 0. The van der Waals surface area contributed by atoms with E-state index in [0.29, 0.717) is 6.54 Å². The van der Waals surface area contributed by atoms with Crippen molar-refractivity contribution in [2.45, 2.75) is 38.6 Å². The van der Waals surface area contributed by atoms with Gasteiger partial charge in [0.05, 0.1) is 5.92 Å². The molecule has 1 aromatic carbocycles. The van der Waals surface area contributed by atoms with Crippen LogP contribution in [0.15, 0.2) is 24.3 Å². The molecule has 1 N–H and O–H groups in total. The Morgan fingerprint density at radius 3 is 2.52 bits per heavy atom. The van der Waals surface area contributed by atoms with Gasteiger partial charge in [0.2, 0.25) is 5.91 Å². The average Bonchev–Trinajstić information content (AvgIpc) is 2.61. The van der Waals surface area contributed by atoms with Crippen LogP contribution in [0.5, 0.6) is 0 Å². The molecule has 4 heteroatoms. The Kier molecular flexibility index (Phi) is 5.55. The number of rotatable bonds is 4. The summed E-state index contributed by atoms with van der Waals surface area (Å²) >= 11 is 0. The average molecular weight is 315 g/mol. The monoisotopic (exact) mass is 315 g/mol. The molecule has 3 rings (SSSR count). The predicted molar refractivity (Wildman–Crippen MR) is 94.6 cm³/mol. The number of benzene rings is 1. The molecule has 23 heavy (non-hydrogen) atoms. The Hall–Kier alpha value is -1.55. The summed E-state index contributed by atoms with van der Waals surface area (Å²) in [5.41, 5.74) is 2.50. The van der Waals surface area contributed by atoms with E-state index in [4.69, 9.17) is 0 Å². The number of carbonyl (C=O) groups excluding carboxylic acids is 1. The number of amides is 1. The zero-order chi connectivity index (χ0) is 16.1. The molecule has 2 saturated heterocycles. The second-order valence-corrected chi connectivity index (χ2v) is 7.03. The maximum Gasteiger partial charge on any atom is 0.224 e. The Labute approximate surface area is 139 Å². The lowest BCUT2D eigenvalue weighted by molar-refractivity contribution is -0.126. The van der Waals surface area contributed by atoms with Gasteiger partial charge in [-0.2, -0.15) is 0 Å². The van der Waals surface area contributed by atoms with Crippen LogP contribution >= 0.6 is 0 Å². The fourth-order valence-corrected chi connectivity index (χ4v) is 3.69. The van der Waals surface area contributed by atoms with E-state index in [1.165, 1.54) is 43.6 Å². The van der Waals surface area contributed by atoms with Crippen molar-refractivity contribution in [2.75, 3.05) is 38.1 Å². The molecule has 2 fully saturated rings. The van der Waals surface area contributed by atoms with E-state index in [1.807, 2.05) is 0 Å². The maximum absolute atomic E-state index is 12.3. The molecule has 126 valence electrons. The smallest absolute Gasteiger partial charge is 0.224 e. The van der Waals surface area contributed by atoms with E-state index >= 15 is 0 Å². The first-order valence-corrected chi connectivity index (χ1v) is 9.02. The summed E-state index contributed by atoms with van der Waals surface area (Å²) in [4.78, 5) is 17.0. The van der Waals surface area contributed by atoms with Gasteiger partial charge in [0.25, 0.3) is 0 Å². The second-order valence-electron chi connectivity index (χ2n) is 7.03. The zero-order valence-corrected chi connectivity index (χ0v) is 14.3. The van der Waals surface area contributed by atoms with Crippen LogP contribution in [0.25, 0.3) is 0 Å². The van der Waals surface area contributed by atoms with Gasteiger partial charge in [0.1, 0.15) is 0 Å². The van der Waals surface area contributed by atoms with Crippen LogP contribution in [0.1, 0.15) is 37.7 Å². The standard InChI is InChI=1S/C19H29N3O/c1-21-11-5-6-17(15-21)19(23)20-14-16-7-9-18(10-8-16)22-12-3-2-4-13-22/h7-10,17H,2-6,11-15H2,1H3,(H,20,23)/t17-/m1/s1. The lowest BCUT2D eigenvalue weighted by atomic mass is 9.97. The summed E-state index contributed by atoms with van der Waals surface area (Å²) in [5.74, 6) is 0.359. The first kappa shape index (κ1) is 16.3. The predicted octanol–water partition coefficient (Wildman–Crippen LogP) is 2.63. The molecule has 0 aromatic heterocycles. The van der Waals surface area contributed by atoms with Crippen molar-refractivity contribution in [1.82, 2.24) is 10.2 Å². The Morgan fingerprint density at radius 2 is 1.83 bits per heavy atom. The second kappa shape index (κ2) is 7.82. The largest absolute Gasteiger partial charge is 0.372 e. The molecule has 0 radical (unpaired) electrons. The number of hydrogen-bond donors (Lipinski definition) is 1. The van der Waals surface area contributed by atoms with Gasteiger partial charge in [-0.25, -0.2) is 0 Å². The van der Waals surface area contributed by atoms with E-state index in [2.05, 4.69) is 46.4 Å². The van der Waals surface area contributed by atoms with Crippen LogP contribution in [0.3, 0.4) is 0 Å². The molecule has 0 saturated carbocycles. The number of hydrogen-bond acceptors (Lipinski definition) is 3. The van der Waals surface area contributed by atoms with Gasteiger partial charge >= 0.3 is 0 Å². The van der Waals surface area contributed by atoms with Crippen molar-refractivity contribution in [2.24, 2.45) is 5.92 Å². The minimum atomic E-state index is 0.154. The molecule has 0 aliphatic carbocycles. The summed E-state index contributed by atoms with van der Waals surface area (Å²) in [5, 5.41) is 3.11. The van der Waals surface area contributed by atoms with Crippen LogP contribution in [0, 0.1) is 5.92 Å². The fraction of sp³-hybridized carbons (Fsp3) is 0.632. The zero-order valence-electron chi connectivity index (χ0n) is 14.3. The molecule has 0 unspecified atom stereocenters. The van der Waals surface area contributed by atoms with Gasteiger partial charge in [0.15, 0.2) is 0 Å². The van der Waals surface area contributed by atoms with Crippen LogP contribution in [-0.4, -0.2) is 44.0 Å². The summed E-state index contributed by atoms with van der Waals surface area (Å²) in [6.07, 6.45) is 6.10. The van der Waals surface area contributed by atoms with Crippen LogP contribution in [-0.2, 0) is 11.3 Å². The molecule has 2 aliphatic heterocycles. The minimum Gasteiger partial charge on any atom is -0.372 e. The number of likely N-dealkylation sites (tertiary alicyclic amines) is 1.